The van der Waals surface area contributed by atoms with Crippen LogP contribution in [0.15, 0.2) is 34.1 Å². The lowest BCUT2D eigenvalue weighted by Gasteiger charge is -2.22. The molecule has 0 aliphatic rings. The molecule has 2 aromatic rings. The van der Waals surface area contributed by atoms with Crippen molar-refractivity contribution in [1.82, 2.24) is 9.78 Å². The Bertz CT molecular complexity index is 853. The lowest BCUT2D eigenvalue weighted by molar-refractivity contribution is -0.387. The normalized spacial score (nSPS) is 11.7. The largest absolute Gasteiger partial charge is 0.406 e. The molecule has 0 amide bonds. The number of carbonyl (C=O) groups is 1. The maximum Gasteiger partial charge on any atom is 0.312 e. The molecule has 0 aliphatic heterocycles. The molecule has 8 heteroatoms. The average Bonchev–Trinajstić information content (AvgIpc) is 2.83. The van der Waals surface area contributed by atoms with Gasteiger partial charge in [0.25, 0.3) is 5.69 Å². The molecule has 27 heavy (non-hydrogen) atoms. The van der Waals surface area contributed by atoms with Crippen molar-refractivity contribution in [1.29, 1.82) is 0 Å². The topological polar surface area (TPSA) is 87.3 Å². The molecule has 0 atom stereocenters. The highest BCUT2D eigenvalue weighted by Crippen LogP contribution is 2.42. The van der Waals surface area contributed by atoms with Crippen molar-refractivity contribution in [3.8, 4) is 5.88 Å². The zero-order valence-corrected chi connectivity index (χ0v) is 17.3. The molecule has 2 rings (SSSR count). The monoisotopic (exact) mass is 391 g/mol. The number of nitro benzene ring substituents is 1. The second kappa shape index (κ2) is 8.12. The molecule has 1 aromatic heterocycles. The molecule has 7 nitrogen and oxygen atoms in total. The Morgan fingerprint density at radius 2 is 1.96 bits per heavy atom. The smallest absolute Gasteiger partial charge is 0.312 e. The van der Waals surface area contributed by atoms with E-state index in [0.29, 0.717) is 21.4 Å². The Morgan fingerprint density at radius 1 is 1.33 bits per heavy atom. The summed E-state index contributed by atoms with van der Waals surface area (Å²) in [4.78, 5) is 24.3. The maximum absolute atomic E-state index is 12.3. The molecule has 0 bridgehead atoms. The first-order valence-electron chi connectivity index (χ1n) is 8.72. The summed E-state index contributed by atoms with van der Waals surface area (Å²) in [6, 6.07) is 6.49. The standard InChI is InChI=1S/C19H25N3O4S/c1-12(2)11-16(23)26-18-17(13(3)20-21(18)19(4,5)6)27-15-10-8-7-9-14(15)22(24)25/h7-10,12H,11H2,1-6H3. The molecule has 0 unspecified atom stereocenters. The van der Waals surface area contributed by atoms with Gasteiger partial charge < -0.3 is 4.74 Å². The number of ether oxygens (including phenoxy) is 1. The van der Waals surface area contributed by atoms with Gasteiger partial charge in [0, 0.05) is 12.5 Å². The minimum Gasteiger partial charge on any atom is -0.406 e. The van der Waals surface area contributed by atoms with Crippen LogP contribution in [0.2, 0.25) is 0 Å². The van der Waals surface area contributed by atoms with Crippen LogP contribution in [-0.2, 0) is 10.3 Å². The van der Waals surface area contributed by atoms with Crippen LogP contribution in [-0.4, -0.2) is 20.7 Å². The minimum atomic E-state index is -0.420. The van der Waals surface area contributed by atoms with E-state index in [4.69, 9.17) is 4.74 Å². The van der Waals surface area contributed by atoms with E-state index >= 15 is 0 Å². The summed E-state index contributed by atoms with van der Waals surface area (Å²) in [5, 5.41) is 15.9. The van der Waals surface area contributed by atoms with Crippen molar-refractivity contribution >= 4 is 23.4 Å². The first kappa shape index (κ1) is 21.0. The molecular formula is C19H25N3O4S. The average molecular weight is 391 g/mol. The van der Waals surface area contributed by atoms with Crippen molar-refractivity contribution in [3.05, 3.63) is 40.1 Å². The van der Waals surface area contributed by atoms with Crippen molar-refractivity contribution in [2.75, 3.05) is 0 Å². The Kier molecular flexibility index (Phi) is 6.30. The summed E-state index contributed by atoms with van der Waals surface area (Å²) >= 11 is 1.19. The van der Waals surface area contributed by atoms with Crippen LogP contribution >= 0.6 is 11.8 Å². The number of aryl methyl sites for hydroxylation is 1. The van der Waals surface area contributed by atoms with Crippen molar-refractivity contribution in [2.45, 2.75) is 63.3 Å². The molecule has 0 aliphatic carbocycles. The summed E-state index contributed by atoms with van der Waals surface area (Å²) in [7, 11) is 0. The molecular weight excluding hydrogens is 366 g/mol. The van der Waals surface area contributed by atoms with Gasteiger partial charge in [-0.2, -0.15) is 5.10 Å². The van der Waals surface area contributed by atoms with E-state index in [1.807, 2.05) is 34.6 Å². The minimum absolute atomic E-state index is 0.00451. The molecule has 0 N–H and O–H groups in total. The number of para-hydroxylation sites is 1. The molecule has 0 radical (unpaired) electrons. The van der Waals surface area contributed by atoms with Gasteiger partial charge in [-0.25, -0.2) is 4.68 Å². The van der Waals surface area contributed by atoms with E-state index in [-0.39, 0.29) is 24.0 Å². The third-order valence-electron chi connectivity index (χ3n) is 3.66. The first-order chi connectivity index (χ1) is 12.5. The summed E-state index contributed by atoms with van der Waals surface area (Å²) in [5.41, 5.74) is 0.241. The fourth-order valence-electron chi connectivity index (χ4n) is 2.44. The van der Waals surface area contributed by atoms with Gasteiger partial charge in [-0.1, -0.05) is 37.7 Å². The third-order valence-corrected chi connectivity index (χ3v) is 4.90. The van der Waals surface area contributed by atoms with Crippen LogP contribution in [0.4, 0.5) is 5.69 Å². The number of carbonyl (C=O) groups excluding carboxylic acids is 1. The summed E-state index contributed by atoms with van der Waals surface area (Å²) in [6.45, 7) is 11.6. The Labute approximate surface area is 163 Å². The van der Waals surface area contributed by atoms with Gasteiger partial charge in [-0.3, -0.25) is 14.9 Å². The number of nitrogens with zero attached hydrogens (tertiary/aromatic N) is 3. The molecule has 1 heterocycles. The summed E-state index contributed by atoms with van der Waals surface area (Å²) in [5.74, 6) is 0.143. The van der Waals surface area contributed by atoms with Crippen LogP contribution in [0, 0.1) is 23.0 Å². The maximum atomic E-state index is 12.3. The van der Waals surface area contributed by atoms with Gasteiger partial charge in [0.05, 0.1) is 25.9 Å². The van der Waals surface area contributed by atoms with Gasteiger partial charge >= 0.3 is 5.97 Å². The van der Waals surface area contributed by atoms with Crippen molar-refractivity contribution in [3.63, 3.8) is 0 Å². The lowest BCUT2D eigenvalue weighted by Crippen LogP contribution is -2.25. The Hall–Kier alpha value is -2.35. The highest BCUT2D eigenvalue weighted by Gasteiger charge is 2.28. The van der Waals surface area contributed by atoms with Crippen LogP contribution in [0.25, 0.3) is 0 Å². The quantitative estimate of drug-likeness (QED) is 0.393. The Morgan fingerprint density at radius 3 is 2.52 bits per heavy atom. The molecule has 0 spiro atoms. The van der Waals surface area contributed by atoms with Gasteiger partial charge in [0.15, 0.2) is 0 Å². The predicted octanol–water partition coefficient (Wildman–Crippen LogP) is 4.96. The molecule has 146 valence electrons. The van der Waals surface area contributed by atoms with E-state index < -0.39 is 10.5 Å². The SMILES string of the molecule is Cc1nn(C(C)(C)C)c(OC(=O)CC(C)C)c1Sc1ccccc1[N+](=O)[O-]. The van der Waals surface area contributed by atoms with Crippen LogP contribution in [0.5, 0.6) is 5.88 Å². The van der Waals surface area contributed by atoms with E-state index in [0.717, 1.165) is 0 Å². The Balaban J connectivity index is 2.51. The first-order valence-corrected chi connectivity index (χ1v) is 9.54. The van der Waals surface area contributed by atoms with Gasteiger partial charge in [-0.05, 0) is 39.7 Å². The number of hydrogen-bond acceptors (Lipinski definition) is 6. The van der Waals surface area contributed by atoms with Crippen LogP contribution in [0.3, 0.4) is 0 Å². The zero-order chi connectivity index (χ0) is 20.4. The predicted molar refractivity (Wildman–Crippen MR) is 104 cm³/mol. The zero-order valence-electron chi connectivity index (χ0n) is 16.5. The second-order valence-corrected chi connectivity index (χ2v) is 8.75. The lowest BCUT2D eigenvalue weighted by atomic mass is 10.1. The highest BCUT2D eigenvalue weighted by atomic mass is 32.2. The number of nitro groups is 1. The number of esters is 1. The fraction of sp³-hybridized carbons (Fsp3) is 0.474. The van der Waals surface area contributed by atoms with Crippen LogP contribution in [0.1, 0.15) is 46.7 Å². The van der Waals surface area contributed by atoms with Gasteiger partial charge in [0.1, 0.15) is 0 Å². The number of benzene rings is 1. The molecule has 0 fully saturated rings. The molecule has 0 saturated carbocycles. The van der Waals surface area contributed by atoms with E-state index in [1.165, 1.54) is 17.8 Å². The summed E-state index contributed by atoms with van der Waals surface area (Å²) in [6.07, 6.45) is 0.282. The highest BCUT2D eigenvalue weighted by molar-refractivity contribution is 7.99. The van der Waals surface area contributed by atoms with Crippen molar-refractivity contribution < 1.29 is 14.5 Å². The number of rotatable bonds is 6. The fourth-order valence-corrected chi connectivity index (χ4v) is 3.46. The second-order valence-electron chi connectivity index (χ2n) is 7.70. The van der Waals surface area contributed by atoms with E-state index in [9.17, 15) is 14.9 Å². The number of hydrogen-bond donors (Lipinski definition) is 0. The molecule has 1 aromatic carbocycles. The van der Waals surface area contributed by atoms with Crippen molar-refractivity contribution in [2.24, 2.45) is 5.92 Å². The molecule has 0 saturated heterocycles. The van der Waals surface area contributed by atoms with Crippen LogP contribution < -0.4 is 4.74 Å². The van der Waals surface area contributed by atoms with Gasteiger partial charge in [-0.15, -0.1) is 0 Å². The third kappa shape index (κ3) is 5.09. The van der Waals surface area contributed by atoms with E-state index in [1.54, 1.807) is 29.8 Å². The van der Waals surface area contributed by atoms with E-state index in [2.05, 4.69) is 5.10 Å². The number of aromatic nitrogens is 2. The summed E-state index contributed by atoms with van der Waals surface area (Å²) < 4.78 is 7.34. The van der Waals surface area contributed by atoms with Gasteiger partial charge in [0.2, 0.25) is 5.88 Å².